The van der Waals surface area contributed by atoms with E-state index in [0.29, 0.717) is 6.04 Å². The minimum atomic E-state index is 0.309. The molecular formula is C17H30N2O. The van der Waals surface area contributed by atoms with Crippen LogP contribution in [0.4, 0.5) is 0 Å². The molecule has 0 spiro atoms. The van der Waals surface area contributed by atoms with Crippen LogP contribution in [0, 0.1) is 6.92 Å². The number of hydrogen-bond donors (Lipinski definition) is 1. The van der Waals surface area contributed by atoms with Crippen LogP contribution >= 0.6 is 0 Å². The average Bonchev–Trinajstić information content (AvgIpc) is 2.91. The number of nitrogens with one attached hydrogen (secondary N) is 1. The van der Waals surface area contributed by atoms with Gasteiger partial charge in [0.15, 0.2) is 0 Å². The van der Waals surface area contributed by atoms with Gasteiger partial charge < -0.3 is 14.6 Å². The molecule has 0 amide bonds. The highest BCUT2D eigenvalue weighted by molar-refractivity contribution is 5.08. The van der Waals surface area contributed by atoms with E-state index in [1.165, 1.54) is 45.1 Å². The van der Waals surface area contributed by atoms with Crippen molar-refractivity contribution < 1.29 is 4.42 Å². The van der Waals surface area contributed by atoms with Crippen LogP contribution in [0.25, 0.3) is 0 Å². The molecule has 1 heterocycles. The summed E-state index contributed by atoms with van der Waals surface area (Å²) in [5.74, 6) is 2.04. The van der Waals surface area contributed by atoms with Crippen molar-refractivity contribution in [1.82, 2.24) is 10.2 Å². The second-order valence-corrected chi connectivity index (χ2v) is 6.25. The molecule has 0 aliphatic heterocycles. The van der Waals surface area contributed by atoms with Crippen molar-refractivity contribution in [2.75, 3.05) is 20.1 Å². The van der Waals surface area contributed by atoms with Crippen LogP contribution < -0.4 is 5.32 Å². The van der Waals surface area contributed by atoms with Crippen molar-refractivity contribution in [1.29, 1.82) is 0 Å². The normalized spacial score (nSPS) is 18.6. The Labute approximate surface area is 123 Å². The third-order valence-electron chi connectivity index (χ3n) is 4.52. The molecule has 1 fully saturated rings. The SMILES string of the molecule is Cc1ccc(C(C)NCCCN(C)C2CCCCC2)o1. The first-order chi connectivity index (χ1) is 9.66. The summed E-state index contributed by atoms with van der Waals surface area (Å²) < 4.78 is 5.65. The number of rotatable bonds is 7. The van der Waals surface area contributed by atoms with Crippen molar-refractivity contribution in [2.45, 2.75) is 64.5 Å². The van der Waals surface area contributed by atoms with Gasteiger partial charge >= 0.3 is 0 Å². The van der Waals surface area contributed by atoms with E-state index in [1.54, 1.807) is 0 Å². The molecular weight excluding hydrogens is 248 g/mol. The van der Waals surface area contributed by atoms with Crippen LogP contribution in [0.2, 0.25) is 0 Å². The van der Waals surface area contributed by atoms with Crippen LogP contribution in [0.15, 0.2) is 16.5 Å². The van der Waals surface area contributed by atoms with Crippen molar-refractivity contribution in [3.05, 3.63) is 23.7 Å². The standard InChI is InChI=1S/C17H30N2O/c1-14-10-11-17(20-14)15(2)18-12-7-13-19(3)16-8-5-4-6-9-16/h10-11,15-16,18H,4-9,12-13H2,1-3H3. The Morgan fingerprint density at radius 3 is 2.70 bits per heavy atom. The summed E-state index contributed by atoms with van der Waals surface area (Å²) in [6.07, 6.45) is 8.27. The lowest BCUT2D eigenvalue weighted by molar-refractivity contribution is 0.189. The van der Waals surface area contributed by atoms with Gasteiger partial charge in [-0.25, -0.2) is 0 Å². The Morgan fingerprint density at radius 2 is 2.05 bits per heavy atom. The fourth-order valence-electron chi connectivity index (χ4n) is 3.14. The smallest absolute Gasteiger partial charge is 0.120 e. The Kier molecular flexibility index (Phi) is 6.11. The molecule has 2 rings (SSSR count). The van der Waals surface area contributed by atoms with Gasteiger partial charge in [-0.2, -0.15) is 0 Å². The molecule has 1 aliphatic rings. The van der Waals surface area contributed by atoms with E-state index in [-0.39, 0.29) is 0 Å². The molecule has 0 aromatic carbocycles. The lowest BCUT2D eigenvalue weighted by Crippen LogP contribution is -2.35. The molecule has 114 valence electrons. The van der Waals surface area contributed by atoms with Gasteiger partial charge in [0, 0.05) is 6.04 Å². The summed E-state index contributed by atoms with van der Waals surface area (Å²) >= 11 is 0. The maximum absolute atomic E-state index is 5.65. The lowest BCUT2D eigenvalue weighted by Gasteiger charge is -2.31. The van der Waals surface area contributed by atoms with E-state index in [0.717, 1.165) is 24.1 Å². The second kappa shape index (κ2) is 7.84. The summed E-state index contributed by atoms with van der Waals surface area (Å²) in [5, 5.41) is 3.55. The summed E-state index contributed by atoms with van der Waals surface area (Å²) in [7, 11) is 2.29. The van der Waals surface area contributed by atoms with Gasteiger partial charge in [-0.1, -0.05) is 19.3 Å². The molecule has 3 heteroatoms. The number of aryl methyl sites for hydroxylation is 1. The van der Waals surface area contributed by atoms with Crippen LogP contribution in [0.1, 0.15) is 63.0 Å². The van der Waals surface area contributed by atoms with E-state index < -0.39 is 0 Å². The summed E-state index contributed by atoms with van der Waals surface area (Å²) in [6.45, 7) is 6.41. The second-order valence-electron chi connectivity index (χ2n) is 6.25. The molecule has 1 unspecified atom stereocenters. The van der Waals surface area contributed by atoms with Gasteiger partial charge in [-0.15, -0.1) is 0 Å². The summed E-state index contributed by atoms with van der Waals surface area (Å²) in [6, 6.07) is 5.24. The summed E-state index contributed by atoms with van der Waals surface area (Å²) in [4.78, 5) is 2.56. The third-order valence-corrected chi connectivity index (χ3v) is 4.52. The molecule has 1 aliphatic carbocycles. The van der Waals surface area contributed by atoms with Crippen LogP contribution in [-0.2, 0) is 0 Å². The fraction of sp³-hybridized carbons (Fsp3) is 0.765. The quantitative estimate of drug-likeness (QED) is 0.767. The highest BCUT2D eigenvalue weighted by atomic mass is 16.3. The Hall–Kier alpha value is -0.800. The third kappa shape index (κ3) is 4.64. The zero-order valence-electron chi connectivity index (χ0n) is 13.3. The highest BCUT2D eigenvalue weighted by Crippen LogP contribution is 2.21. The van der Waals surface area contributed by atoms with Crippen molar-refractivity contribution in [3.8, 4) is 0 Å². The van der Waals surface area contributed by atoms with E-state index in [2.05, 4.69) is 30.3 Å². The van der Waals surface area contributed by atoms with E-state index in [4.69, 9.17) is 4.42 Å². The maximum Gasteiger partial charge on any atom is 0.120 e. The molecule has 1 saturated carbocycles. The van der Waals surface area contributed by atoms with E-state index in [1.807, 2.05) is 13.0 Å². The molecule has 20 heavy (non-hydrogen) atoms. The fourth-order valence-corrected chi connectivity index (χ4v) is 3.14. The summed E-state index contributed by atoms with van der Waals surface area (Å²) in [5.41, 5.74) is 0. The monoisotopic (exact) mass is 278 g/mol. The molecule has 0 saturated heterocycles. The predicted octanol–water partition coefficient (Wildman–Crippen LogP) is 3.89. The van der Waals surface area contributed by atoms with Gasteiger partial charge in [-0.05, 0) is 65.4 Å². The lowest BCUT2D eigenvalue weighted by atomic mass is 9.94. The van der Waals surface area contributed by atoms with Gasteiger partial charge in [0.1, 0.15) is 11.5 Å². The molecule has 1 aromatic heterocycles. The van der Waals surface area contributed by atoms with E-state index in [9.17, 15) is 0 Å². The average molecular weight is 278 g/mol. The van der Waals surface area contributed by atoms with Crippen molar-refractivity contribution in [3.63, 3.8) is 0 Å². The zero-order chi connectivity index (χ0) is 14.4. The number of furan rings is 1. The van der Waals surface area contributed by atoms with Gasteiger partial charge in [0.2, 0.25) is 0 Å². The first kappa shape index (κ1) is 15.6. The molecule has 1 N–H and O–H groups in total. The Bertz CT molecular complexity index is 382. The topological polar surface area (TPSA) is 28.4 Å². The molecule has 3 nitrogen and oxygen atoms in total. The van der Waals surface area contributed by atoms with E-state index >= 15 is 0 Å². The largest absolute Gasteiger partial charge is 0.465 e. The predicted molar refractivity (Wildman–Crippen MR) is 84.0 cm³/mol. The van der Waals surface area contributed by atoms with Crippen LogP contribution in [0.5, 0.6) is 0 Å². The molecule has 0 radical (unpaired) electrons. The first-order valence-electron chi connectivity index (χ1n) is 8.17. The van der Waals surface area contributed by atoms with Crippen molar-refractivity contribution >= 4 is 0 Å². The molecule has 1 aromatic rings. The highest BCUT2D eigenvalue weighted by Gasteiger charge is 2.17. The van der Waals surface area contributed by atoms with Crippen LogP contribution in [0.3, 0.4) is 0 Å². The van der Waals surface area contributed by atoms with Crippen LogP contribution in [-0.4, -0.2) is 31.1 Å². The minimum absolute atomic E-state index is 0.309. The maximum atomic E-state index is 5.65. The van der Waals surface area contributed by atoms with Crippen molar-refractivity contribution in [2.24, 2.45) is 0 Å². The van der Waals surface area contributed by atoms with Gasteiger partial charge in [0.25, 0.3) is 0 Å². The number of nitrogens with zero attached hydrogens (tertiary/aromatic N) is 1. The Morgan fingerprint density at radius 1 is 1.30 bits per heavy atom. The minimum Gasteiger partial charge on any atom is -0.465 e. The molecule has 1 atom stereocenters. The number of hydrogen-bond acceptors (Lipinski definition) is 3. The van der Waals surface area contributed by atoms with Gasteiger partial charge in [0.05, 0.1) is 6.04 Å². The first-order valence-corrected chi connectivity index (χ1v) is 8.17. The Balaban J connectivity index is 1.61. The zero-order valence-corrected chi connectivity index (χ0v) is 13.3. The van der Waals surface area contributed by atoms with Gasteiger partial charge in [-0.3, -0.25) is 0 Å². The molecule has 0 bridgehead atoms.